The first-order valence-corrected chi connectivity index (χ1v) is 5.31. The molecule has 1 aromatic rings. The van der Waals surface area contributed by atoms with Gasteiger partial charge in [0, 0.05) is 10.5 Å². The monoisotopic (exact) mass is 239 g/mol. The lowest BCUT2D eigenvalue weighted by Gasteiger charge is -2.04. The quantitative estimate of drug-likeness (QED) is 0.614. The molecule has 0 radical (unpaired) electrons. The van der Waals surface area contributed by atoms with Gasteiger partial charge in [-0.2, -0.15) is 0 Å². The molecule has 1 amide bonds. The number of carbonyl (C=O) groups excluding carboxylic acids is 2. The van der Waals surface area contributed by atoms with Crippen molar-refractivity contribution in [3.05, 3.63) is 29.8 Å². The van der Waals surface area contributed by atoms with Gasteiger partial charge in [-0.15, -0.1) is 12.6 Å². The summed E-state index contributed by atoms with van der Waals surface area (Å²) in [6.07, 6.45) is 0. The average molecular weight is 239 g/mol. The number of amides is 1. The van der Waals surface area contributed by atoms with Crippen molar-refractivity contribution in [2.24, 2.45) is 0 Å². The van der Waals surface area contributed by atoms with Crippen LogP contribution in [0.15, 0.2) is 29.2 Å². The van der Waals surface area contributed by atoms with Crippen LogP contribution in [0.25, 0.3) is 0 Å². The van der Waals surface area contributed by atoms with Gasteiger partial charge in [0.1, 0.15) is 6.54 Å². The highest BCUT2D eigenvalue weighted by Gasteiger charge is 2.07. The maximum Gasteiger partial charge on any atom is 0.325 e. The topological polar surface area (TPSA) is 55.4 Å². The molecule has 0 aromatic heterocycles. The first-order valence-electron chi connectivity index (χ1n) is 4.86. The number of rotatable bonds is 4. The van der Waals surface area contributed by atoms with Crippen molar-refractivity contribution in [3.63, 3.8) is 0 Å². The standard InChI is InChI=1S/C11H13NO3S/c1-2-15-10(13)7-12-11(14)8-3-5-9(16)6-4-8/h3-6,16H,2,7H2,1H3,(H,12,14). The second-order valence-corrected chi connectivity index (χ2v) is 3.55. The SMILES string of the molecule is CCOC(=O)CNC(=O)c1ccc(S)cc1. The number of ether oxygens (including phenoxy) is 1. The fourth-order valence-electron chi connectivity index (χ4n) is 1.08. The number of nitrogens with one attached hydrogen (secondary N) is 1. The van der Waals surface area contributed by atoms with E-state index in [9.17, 15) is 9.59 Å². The lowest BCUT2D eigenvalue weighted by Crippen LogP contribution is -2.30. The van der Waals surface area contributed by atoms with E-state index in [4.69, 9.17) is 0 Å². The lowest BCUT2D eigenvalue weighted by molar-refractivity contribution is -0.141. The molecule has 0 atom stereocenters. The van der Waals surface area contributed by atoms with Gasteiger partial charge in [0.2, 0.25) is 0 Å². The molecule has 0 spiro atoms. The summed E-state index contributed by atoms with van der Waals surface area (Å²) < 4.78 is 4.68. The van der Waals surface area contributed by atoms with Crippen LogP contribution in [0.5, 0.6) is 0 Å². The maximum absolute atomic E-state index is 11.5. The van der Waals surface area contributed by atoms with Crippen molar-refractivity contribution in [3.8, 4) is 0 Å². The van der Waals surface area contributed by atoms with Crippen molar-refractivity contribution in [1.82, 2.24) is 5.32 Å². The third-order valence-corrected chi connectivity index (χ3v) is 2.13. The summed E-state index contributed by atoms with van der Waals surface area (Å²) in [7, 11) is 0. The second kappa shape index (κ2) is 6.17. The molecule has 0 aliphatic rings. The van der Waals surface area contributed by atoms with Gasteiger partial charge < -0.3 is 10.1 Å². The minimum absolute atomic E-state index is 0.116. The Labute approximate surface area is 99.4 Å². The van der Waals surface area contributed by atoms with E-state index in [-0.39, 0.29) is 12.5 Å². The Bertz CT molecular complexity index is 375. The molecule has 0 aliphatic heterocycles. The van der Waals surface area contributed by atoms with Crippen LogP contribution in [0, 0.1) is 0 Å². The van der Waals surface area contributed by atoms with Crippen molar-refractivity contribution in [2.75, 3.05) is 13.2 Å². The second-order valence-electron chi connectivity index (χ2n) is 3.03. The summed E-state index contributed by atoms with van der Waals surface area (Å²) in [5, 5.41) is 2.46. The van der Waals surface area contributed by atoms with Crippen LogP contribution >= 0.6 is 12.6 Å². The van der Waals surface area contributed by atoms with E-state index >= 15 is 0 Å². The summed E-state index contributed by atoms with van der Waals surface area (Å²) in [6, 6.07) is 6.70. The van der Waals surface area contributed by atoms with E-state index in [2.05, 4.69) is 22.7 Å². The number of carbonyl (C=O) groups is 2. The van der Waals surface area contributed by atoms with Crippen LogP contribution in [-0.2, 0) is 9.53 Å². The highest BCUT2D eigenvalue weighted by atomic mass is 32.1. The third kappa shape index (κ3) is 3.94. The molecule has 0 aliphatic carbocycles. The van der Waals surface area contributed by atoms with E-state index in [1.807, 2.05) is 0 Å². The summed E-state index contributed by atoms with van der Waals surface area (Å²) >= 11 is 4.11. The van der Waals surface area contributed by atoms with Crippen LogP contribution in [0.1, 0.15) is 17.3 Å². The zero-order valence-electron chi connectivity index (χ0n) is 8.90. The van der Waals surface area contributed by atoms with Crippen LogP contribution < -0.4 is 5.32 Å². The Morgan fingerprint density at radius 2 is 1.94 bits per heavy atom. The molecule has 86 valence electrons. The molecular formula is C11H13NO3S. The van der Waals surface area contributed by atoms with E-state index in [1.54, 1.807) is 31.2 Å². The van der Waals surface area contributed by atoms with Crippen LogP contribution in [0.3, 0.4) is 0 Å². The van der Waals surface area contributed by atoms with Gasteiger partial charge in [0.15, 0.2) is 0 Å². The van der Waals surface area contributed by atoms with Gasteiger partial charge in [0.05, 0.1) is 6.61 Å². The van der Waals surface area contributed by atoms with Gasteiger partial charge in [0.25, 0.3) is 5.91 Å². The molecule has 5 heteroatoms. The van der Waals surface area contributed by atoms with Crippen molar-refractivity contribution in [2.45, 2.75) is 11.8 Å². The molecule has 0 saturated carbocycles. The molecule has 0 saturated heterocycles. The van der Waals surface area contributed by atoms with Gasteiger partial charge in [-0.05, 0) is 31.2 Å². The summed E-state index contributed by atoms with van der Waals surface area (Å²) in [4.78, 5) is 23.3. The van der Waals surface area contributed by atoms with E-state index in [1.165, 1.54) is 0 Å². The first-order chi connectivity index (χ1) is 7.63. The van der Waals surface area contributed by atoms with Gasteiger partial charge in [-0.3, -0.25) is 9.59 Å². The predicted octanol–water partition coefficient (Wildman–Crippen LogP) is 1.27. The first kappa shape index (κ1) is 12.6. The Morgan fingerprint density at radius 3 is 2.50 bits per heavy atom. The predicted molar refractivity (Wildman–Crippen MR) is 62.7 cm³/mol. The van der Waals surface area contributed by atoms with E-state index in [0.717, 1.165) is 4.90 Å². The zero-order valence-corrected chi connectivity index (χ0v) is 9.79. The fraction of sp³-hybridized carbons (Fsp3) is 0.273. The largest absolute Gasteiger partial charge is 0.465 e. The number of benzene rings is 1. The van der Waals surface area contributed by atoms with Crippen molar-refractivity contribution >= 4 is 24.5 Å². The lowest BCUT2D eigenvalue weighted by atomic mass is 10.2. The van der Waals surface area contributed by atoms with E-state index < -0.39 is 5.97 Å². The van der Waals surface area contributed by atoms with Gasteiger partial charge in [-0.1, -0.05) is 0 Å². The average Bonchev–Trinajstić information content (AvgIpc) is 2.27. The molecule has 16 heavy (non-hydrogen) atoms. The summed E-state index contributed by atoms with van der Waals surface area (Å²) in [5.41, 5.74) is 0.488. The maximum atomic E-state index is 11.5. The van der Waals surface area contributed by atoms with Crippen LogP contribution in [0.2, 0.25) is 0 Å². The Hall–Kier alpha value is -1.49. The molecule has 0 heterocycles. The Morgan fingerprint density at radius 1 is 1.31 bits per heavy atom. The molecule has 0 unspecified atom stereocenters. The minimum Gasteiger partial charge on any atom is -0.465 e. The molecular weight excluding hydrogens is 226 g/mol. The summed E-state index contributed by atoms with van der Waals surface area (Å²) in [6.45, 7) is 1.91. The molecule has 1 N–H and O–H groups in total. The van der Waals surface area contributed by atoms with Crippen LogP contribution in [0.4, 0.5) is 0 Å². The molecule has 1 aromatic carbocycles. The highest BCUT2D eigenvalue weighted by Crippen LogP contribution is 2.07. The minimum atomic E-state index is -0.443. The molecule has 1 rings (SSSR count). The van der Waals surface area contributed by atoms with Crippen LogP contribution in [-0.4, -0.2) is 25.0 Å². The molecule has 4 nitrogen and oxygen atoms in total. The van der Waals surface area contributed by atoms with Crippen molar-refractivity contribution in [1.29, 1.82) is 0 Å². The highest BCUT2D eigenvalue weighted by molar-refractivity contribution is 7.80. The summed E-state index contributed by atoms with van der Waals surface area (Å²) in [5.74, 6) is -0.747. The van der Waals surface area contributed by atoms with Gasteiger partial charge >= 0.3 is 5.97 Å². The number of esters is 1. The number of thiol groups is 1. The van der Waals surface area contributed by atoms with Crippen molar-refractivity contribution < 1.29 is 14.3 Å². The number of hydrogen-bond donors (Lipinski definition) is 2. The Balaban J connectivity index is 2.47. The molecule has 0 fully saturated rings. The third-order valence-electron chi connectivity index (χ3n) is 1.83. The molecule has 0 bridgehead atoms. The van der Waals surface area contributed by atoms with Gasteiger partial charge in [-0.25, -0.2) is 0 Å². The smallest absolute Gasteiger partial charge is 0.325 e. The number of hydrogen-bond acceptors (Lipinski definition) is 4. The fourth-order valence-corrected chi connectivity index (χ4v) is 1.23. The zero-order chi connectivity index (χ0) is 12.0. The van der Waals surface area contributed by atoms with E-state index in [0.29, 0.717) is 12.2 Å². The normalized spacial score (nSPS) is 9.62. The Kier molecular flexibility index (Phi) is 4.85.